The van der Waals surface area contributed by atoms with E-state index in [1.54, 1.807) is 0 Å². The highest BCUT2D eigenvalue weighted by molar-refractivity contribution is 5.80. The second-order valence-electron chi connectivity index (χ2n) is 5.27. The molecule has 0 aromatic rings. The van der Waals surface area contributed by atoms with Gasteiger partial charge in [0.15, 0.2) is 6.10 Å². The molecule has 0 aromatic heterocycles. The summed E-state index contributed by atoms with van der Waals surface area (Å²) in [6.45, 7) is 6.33. The molecule has 1 amide bonds. The molecule has 0 radical (unpaired) electrons. The van der Waals surface area contributed by atoms with Crippen LogP contribution in [-0.2, 0) is 19.0 Å². The van der Waals surface area contributed by atoms with Gasteiger partial charge in [-0.25, -0.2) is 0 Å². The molecule has 0 saturated carbocycles. The fourth-order valence-electron chi connectivity index (χ4n) is 2.71. The fourth-order valence-corrected chi connectivity index (χ4v) is 2.71. The average molecular weight is 257 g/mol. The van der Waals surface area contributed by atoms with Gasteiger partial charge in [-0.3, -0.25) is 4.79 Å². The number of nitrogens with one attached hydrogen (secondary N) is 1. The molecule has 0 aromatic carbocycles. The van der Waals surface area contributed by atoms with E-state index in [1.807, 2.05) is 0 Å². The van der Waals surface area contributed by atoms with E-state index >= 15 is 0 Å². The van der Waals surface area contributed by atoms with Gasteiger partial charge in [0.1, 0.15) is 0 Å². The molecule has 3 unspecified atom stereocenters. The molecule has 2 heterocycles. The standard InChI is InChI=1S/C13H23NO4/c1-9-5-11(6-10(2)18-9)7-14-13(15)12-8-16-3-4-17-12/h9-12H,3-8H2,1-2H3,(H,14,15). The van der Waals surface area contributed by atoms with Crippen LogP contribution in [0.1, 0.15) is 26.7 Å². The maximum Gasteiger partial charge on any atom is 0.251 e. The van der Waals surface area contributed by atoms with Crippen LogP contribution < -0.4 is 5.32 Å². The topological polar surface area (TPSA) is 56.8 Å². The highest BCUT2D eigenvalue weighted by atomic mass is 16.6. The van der Waals surface area contributed by atoms with Crippen molar-refractivity contribution >= 4 is 5.91 Å². The van der Waals surface area contributed by atoms with Crippen LogP contribution >= 0.6 is 0 Å². The van der Waals surface area contributed by atoms with E-state index in [4.69, 9.17) is 14.2 Å². The molecular formula is C13H23NO4. The molecule has 2 fully saturated rings. The molecule has 104 valence electrons. The molecule has 2 aliphatic rings. The normalized spacial score (nSPS) is 37.2. The molecule has 5 nitrogen and oxygen atoms in total. The van der Waals surface area contributed by atoms with E-state index in [2.05, 4.69) is 19.2 Å². The number of hydrogen-bond acceptors (Lipinski definition) is 4. The number of hydrogen-bond donors (Lipinski definition) is 1. The van der Waals surface area contributed by atoms with E-state index in [0.29, 0.717) is 32.3 Å². The van der Waals surface area contributed by atoms with E-state index in [1.165, 1.54) is 0 Å². The van der Waals surface area contributed by atoms with Gasteiger partial charge >= 0.3 is 0 Å². The zero-order chi connectivity index (χ0) is 13.0. The Morgan fingerprint density at radius 1 is 1.22 bits per heavy atom. The van der Waals surface area contributed by atoms with Crippen LogP contribution in [-0.4, -0.2) is 50.6 Å². The molecule has 0 spiro atoms. The van der Waals surface area contributed by atoms with E-state index < -0.39 is 6.10 Å². The van der Waals surface area contributed by atoms with Crippen LogP contribution in [0.15, 0.2) is 0 Å². The maximum atomic E-state index is 11.9. The number of rotatable bonds is 3. The van der Waals surface area contributed by atoms with Gasteiger partial charge < -0.3 is 19.5 Å². The molecule has 2 aliphatic heterocycles. The van der Waals surface area contributed by atoms with Crippen LogP contribution in [0.25, 0.3) is 0 Å². The fraction of sp³-hybridized carbons (Fsp3) is 0.923. The van der Waals surface area contributed by atoms with Crippen molar-refractivity contribution in [3.63, 3.8) is 0 Å². The Kier molecular flexibility index (Phi) is 4.97. The van der Waals surface area contributed by atoms with Crippen molar-refractivity contribution < 1.29 is 19.0 Å². The van der Waals surface area contributed by atoms with Crippen LogP contribution in [0.2, 0.25) is 0 Å². The van der Waals surface area contributed by atoms with Crippen molar-refractivity contribution in [1.82, 2.24) is 5.32 Å². The lowest BCUT2D eigenvalue weighted by Gasteiger charge is -2.32. The molecule has 5 heteroatoms. The Morgan fingerprint density at radius 2 is 1.94 bits per heavy atom. The second kappa shape index (κ2) is 6.50. The van der Waals surface area contributed by atoms with Crippen LogP contribution in [0.4, 0.5) is 0 Å². The zero-order valence-electron chi connectivity index (χ0n) is 11.2. The van der Waals surface area contributed by atoms with Gasteiger partial charge in [0.25, 0.3) is 5.91 Å². The van der Waals surface area contributed by atoms with Gasteiger partial charge in [0.2, 0.25) is 0 Å². The molecule has 1 N–H and O–H groups in total. The first-order chi connectivity index (χ1) is 8.65. The molecule has 2 rings (SSSR count). The van der Waals surface area contributed by atoms with Crippen LogP contribution in [0.5, 0.6) is 0 Å². The van der Waals surface area contributed by atoms with Gasteiger partial charge in [-0.2, -0.15) is 0 Å². The molecule has 3 atom stereocenters. The average Bonchev–Trinajstić information content (AvgIpc) is 2.36. The van der Waals surface area contributed by atoms with Gasteiger partial charge in [0.05, 0.1) is 32.0 Å². The molecule has 0 bridgehead atoms. The third-order valence-electron chi connectivity index (χ3n) is 3.47. The Labute approximate surface area is 108 Å². The van der Waals surface area contributed by atoms with Gasteiger partial charge in [-0.1, -0.05) is 0 Å². The Morgan fingerprint density at radius 3 is 2.56 bits per heavy atom. The predicted octanol–water partition coefficient (Wildman–Crippen LogP) is 0.722. The predicted molar refractivity (Wildman–Crippen MR) is 66.3 cm³/mol. The smallest absolute Gasteiger partial charge is 0.251 e. The molecule has 18 heavy (non-hydrogen) atoms. The highest BCUT2D eigenvalue weighted by Crippen LogP contribution is 2.23. The van der Waals surface area contributed by atoms with Crippen molar-refractivity contribution in [2.75, 3.05) is 26.4 Å². The van der Waals surface area contributed by atoms with E-state index in [0.717, 1.165) is 12.8 Å². The van der Waals surface area contributed by atoms with Crippen molar-refractivity contribution in [1.29, 1.82) is 0 Å². The van der Waals surface area contributed by atoms with Crippen molar-refractivity contribution in [2.24, 2.45) is 5.92 Å². The van der Waals surface area contributed by atoms with E-state index in [-0.39, 0.29) is 18.1 Å². The third kappa shape index (κ3) is 3.93. The first-order valence-electron chi connectivity index (χ1n) is 6.77. The Hall–Kier alpha value is -0.650. The minimum atomic E-state index is -0.437. The largest absolute Gasteiger partial charge is 0.376 e. The lowest BCUT2D eigenvalue weighted by atomic mass is 9.92. The number of amides is 1. The van der Waals surface area contributed by atoms with Crippen LogP contribution in [0.3, 0.4) is 0 Å². The minimum Gasteiger partial charge on any atom is -0.376 e. The van der Waals surface area contributed by atoms with Crippen molar-refractivity contribution in [2.45, 2.75) is 45.0 Å². The summed E-state index contributed by atoms with van der Waals surface area (Å²) >= 11 is 0. The zero-order valence-corrected chi connectivity index (χ0v) is 11.2. The summed E-state index contributed by atoms with van der Waals surface area (Å²) < 4.78 is 16.3. The summed E-state index contributed by atoms with van der Waals surface area (Å²) in [5.74, 6) is 0.443. The Bertz CT molecular complexity index is 268. The summed E-state index contributed by atoms with van der Waals surface area (Å²) in [7, 11) is 0. The number of carbonyl (C=O) groups is 1. The van der Waals surface area contributed by atoms with Crippen molar-refractivity contribution in [3.8, 4) is 0 Å². The highest BCUT2D eigenvalue weighted by Gasteiger charge is 2.27. The Balaban J connectivity index is 1.71. The molecular weight excluding hydrogens is 234 g/mol. The monoisotopic (exact) mass is 257 g/mol. The van der Waals surface area contributed by atoms with Crippen LogP contribution in [0, 0.1) is 5.92 Å². The molecule has 2 saturated heterocycles. The van der Waals surface area contributed by atoms with Gasteiger partial charge in [0, 0.05) is 6.54 Å². The maximum absolute atomic E-state index is 11.9. The summed E-state index contributed by atoms with van der Waals surface area (Å²) in [6.07, 6.45) is 2.14. The number of carbonyl (C=O) groups excluding carboxylic acids is 1. The second-order valence-corrected chi connectivity index (χ2v) is 5.27. The van der Waals surface area contributed by atoms with Gasteiger partial charge in [-0.15, -0.1) is 0 Å². The summed E-state index contributed by atoms with van der Waals surface area (Å²) in [6, 6.07) is 0. The first-order valence-corrected chi connectivity index (χ1v) is 6.77. The SMILES string of the molecule is CC1CC(CNC(=O)C2COCCO2)CC(C)O1. The van der Waals surface area contributed by atoms with Crippen molar-refractivity contribution in [3.05, 3.63) is 0 Å². The third-order valence-corrected chi connectivity index (χ3v) is 3.47. The summed E-state index contributed by atoms with van der Waals surface area (Å²) in [4.78, 5) is 11.9. The van der Waals surface area contributed by atoms with E-state index in [9.17, 15) is 4.79 Å². The minimum absolute atomic E-state index is 0.0542. The lowest BCUT2D eigenvalue weighted by Crippen LogP contribution is -2.45. The summed E-state index contributed by atoms with van der Waals surface area (Å²) in [5.41, 5.74) is 0. The first kappa shape index (κ1) is 13.8. The number of ether oxygens (including phenoxy) is 3. The quantitative estimate of drug-likeness (QED) is 0.809. The summed E-state index contributed by atoms with van der Waals surface area (Å²) in [5, 5.41) is 2.96. The van der Waals surface area contributed by atoms with Gasteiger partial charge in [-0.05, 0) is 32.6 Å². The lowest BCUT2D eigenvalue weighted by molar-refractivity contribution is -0.148. The molecule has 0 aliphatic carbocycles.